The number of aliphatic hydroxyl groups excluding tert-OH is 3. The zero-order chi connectivity index (χ0) is 32.4. The fraction of sp³-hybridized carbons (Fsp3) is 0.946. The van der Waals surface area contributed by atoms with Crippen LogP contribution in [0.1, 0.15) is 168 Å². The predicted molar refractivity (Wildman–Crippen MR) is 176 cm³/mol. The molecule has 0 radical (unpaired) electrons. The molecule has 3 rings (SSSR count). The number of ketones is 1. The average Bonchev–Trinajstić information content (AvgIpc) is 3.77. The van der Waals surface area contributed by atoms with Crippen LogP contribution < -0.4 is 0 Å². The molecule has 3 fully saturated rings. The first kappa shape index (κ1) is 38.4. The van der Waals surface area contributed by atoms with Gasteiger partial charge in [0.25, 0.3) is 0 Å². The van der Waals surface area contributed by atoms with Crippen LogP contribution in [0, 0.1) is 5.92 Å². The van der Waals surface area contributed by atoms with Gasteiger partial charge in [-0.3, -0.25) is 4.79 Å². The Balaban J connectivity index is 1.16. The van der Waals surface area contributed by atoms with Gasteiger partial charge in [-0.25, -0.2) is 0 Å². The van der Waals surface area contributed by atoms with Crippen molar-refractivity contribution in [2.75, 3.05) is 0 Å². The predicted octanol–water partition coefficient (Wildman–Crippen LogP) is 7.12. The van der Waals surface area contributed by atoms with Gasteiger partial charge >= 0.3 is 5.97 Å². The Kier molecular flexibility index (Phi) is 18.5. The number of esters is 1. The summed E-state index contributed by atoms with van der Waals surface area (Å²) in [5.74, 6) is -0.398. The van der Waals surface area contributed by atoms with Crippen LogP contribution in [-0.4, -0.2) is 75.9 Å². The smallest absolute Gasteiger partial charge is 0.309 e. The van der Waals surface area contributed by atoms with Gasteiger partial charge in [0.1, 0.15) is 11.9 Å². The van der Waals surface area contributed by atoms with Gasteiger partial charge in [0.2, 0.25) is 0 Å². The normalized spacial score (nSPS) is 28.8. The van der Waals surface area contributed by atoms with Crippen molar-refractivity contribution in [3.8, 4) is 0 Å². The summed E-state index contributed by atoms with van der Waals surface area (Å²) in [7, 11) is 0. The number of cyclic esters (lactones) is 1. The maximum Gasteiger partial charge on any atom is 0.309 e. The van der Waals surface area contributed by atoms with Crippen molar-refractivity contribution < 1.29 is 39.1 Å². The molecule has 45 heavy (non-hydrogen) atoms. The largest absolute Gasteiger partial charge is 0.462 e. The molecule has 0 saturated carbocycles. The summed E-state index contributed by atoms with van der Waals surface area (Å²) < 4.78 is 17.7. The number of Topliss-reactive ketones (excluding diaryl/α,β-unsaturated/α-hetero) is 1. The minimum atomic E-state index is -0.625. The van der Waals surface area contributed by atoms with E-state index in [-0.39, 0.29) is 48.2 Å². The minimum Gasteiger partial charge on any atom is -0.462 e. The molecule has 262 valence electrons. The molecule has 1 unspecified atom stereocenters. The number of hydrogen-bond donors (Lipinski definition) is 3. The van der Waals surface area contributed by atoms with Gasteiger partial charge < -0.3 is 34.3 Å². The molecule has 0 bridgehead atoms. The highest BCUT2D eigenvalue weighted by Crippen LogP contribution is 2.31. The summed E-state index contributed by atoms with van der Waals surface area (Å²) in [5.41, 5.74) is 0. The molecule has 0 aromatic heterocycles. The van der Waals surface area contributed by atoms with Crippen molar-refractivity contribution in [2.24, 2.45) is 5.92 Å². The molecular formula is C37H66O8. The molecule has 0 aliphatic carbocycles. The minimum absolute atomic E-state index is 0.0249. The molecule has 8 nitrogen and oxygen atoms in total. The summed E-state index contributed by atoms with van der Waals surface area (Å²) in [5, 5.41) is 32.1. The first-order chi connectivity index (χ1) is 21.8. The molecule has 0 aromatic rings. The lowest BCUT2D eigenvalue weighted by atomic mass is 9.96. The molecule has 0 amide bonds. The summed E-state index contributed by atoms with van der Waals surface area (Å²) >= 11 is 0. The first-order valence-electron chi connectivity index (χ1n) is 18.8. The van der Waals surface area contributed by atoms with E-state index >= 15 is 0 Å². The fourth-order valence-electron chi connectivity index (χ4n) is 7.56. The van der Waals surface area contributed by atoms with Crippen molar-refractivity contribution in [2.45, 2.75) is 217 Å². The maximum absolute atomic E-state index is 11.9. The third kappa shape index (κ3) is 14.7. The number of rotatable bonds is 25. The Morgan fingerprint density at radius 1 is 0.667 bits per heavy atom. The highest BCUT2D eigenvalue weighted by Gasteiger charge is 2.36. The van der Waals surface area contributed by atoms with E-state index in [0.29, 0.717) is 25.7 Å². The zero-order valence-corrected chi connectivity index (χ0v) is 28.5. The molecule has 8 heteroatoms. The molecule has 0 aromatic carbocycles. The Morgan fingerprint density at radius 3 is 1.76 bits per heavy atom. The molecular weight excluding hydrogens is 572 g/mol. The second-order valence-corrected chi connectivity index (χ2v) is 14.4. The molecule has 3 heterocycles. The number of unbranched alkanes of at least 4 members (excludes halogenated alkanes) is 11. The van der Waals surface area contributed by atoms with Crippen LogP contribution in [0.15, 0.2) is 0 Å². The van der Waals surface area contributed by atoms with E-state index in [0.717, 1.165) is 89.9 Å². The van der Waals surface area contributed by atoms with E-state index in [4.69, 9.17) is 14.2 Å². The van der Waals surface area contributed by atoms with E-state index in [1.165, 1.54) is 45.4 Å². The van der Waals surface area contributed by atoms with Crippen LogP contribution in [0.3, 0.4) is 0 Å². The number of hydrogen-bond acceptors (Lipinski definition) is 8. The van der Waals surface area contributed by atoms with Crippen LogP contribution in [0.5, 0.6) is 0 Å². The van der Waals surface area contributed by atoms with Crippen molar-refractivity contribution in [3.63, 3.8) is 0 Å². The van der Waals surface area contributed by atoms with Gasteiger partial charge in [0.15, 0.2) is 0 Å². The number of carbonyl (C=O) groups is 2. The number of aliphatic hydroxyl groups is 3. The lowest BCUT2D eigenvalue weighted by molar-refractivity contribution is -0.145. The van der Waals surface area contributed by atoms with Crippen LogP contribution in [0.25, 0.3) is 0 Å². The molecule has 3 saturated heterocycles. The lowest BCUT2D eigenvalue weighted by Crippen LogP contribution is -2.33. The van der Waals surface area contributed by atoms with Crippen molar-refractivity contribution in [3.05, 3.63) is 0 Å². The molecule has 9 atom stereocenters. The van der Waals surface area contributed by atoms with Crippen molar-refractivity contribution in [1.82, 2.24) is 0 Å². The lowest BCUT2D eigenvalue weighted by Gasteiger charge is -2.24. The Bertz CT molecular complexity index is 820. The zero-order valence-electron chi connectivity index (χ0n) is 28.5. The van der Waals surface area contributed by atoms with Crippen LogP contribution in [0.2, 0.25) is 0 Å². The summed E-state index contributed by atoms with van der Waals surface area (Å²) in [6, 6.07) is 0. The molecule has 3 aliphatic heterocycles. The maximum atomic E-state index is 11.9. The van der Waals surface area contributed by atoms with Gasteiger partial charge in [-0.1, -0.05) is 84.0 Å². The van der Waals surface area contributed by atoms with Gasteiger partial charge in [0, 0.05) is 6.42 Å². The second kappa shape index (κ2) is 21.7. The fourth-order valence-corrected chi connectivity index (χ4v) is 7.56. The Morgan fingerprint density at radius 2 is 1.16 bits per heavy atom. The standard InChI is InChI=1S/C37H66O8/c1-3-4-5-6-7-8-12-15-18-31(39)35-23-24-36(45-35)33(41)21-20-32(40)34-22-19-29(43-34)16-13-10-9-11-14-17-30-26-28(25-27(2)38)37(42)44-30/h28-36,39-41H,3-26H2,1-2H3/t28-,29?,30-,31-,32-,33+,34-,35+,36+/m0/s1. The highest BCUT2D eigenvalue weighted by atomic mass is 16.6. The van der Waals surface area contributed by atoms with E-state index < -0.39 is 18.3 Å². The van der Waals surface area contributed by atoms with Gasteiger partial charge in [-0.15, -0.1) is 0 Å². The Hall–Kier alpha value is -1.06. The molecule has 3 aliphatic rings. The Labute approximate surface area is 273 Å². The highest BCUT2D eigenvalue weighted by molar-refractivity contribution is 5.83. The van der Waals surface area contributed by atoms with E-state index in [9.17, 15) is 24.9 Å². The number of carbonyl (C=O) groups excluding carboxylic acids is 2. The average molecular weight is 639 g/mol. The van der Waals surface area contributed by atoms with E-state index in [2.05, 4.69) is 6.92 Å². The van der Waals surface area contributed by atoms with Gasteiger partial charge in [-0.2, -0.15) is 0 Å². The molecule has 0 spiro atoms. The summed E-state index contributed by atoms with van der Waals surface area (Å²) in [4.78, 5) is 23.2. The quantitative estimate of drug-likeness (QED) is 0.0714. The summed E-state index contributed by atoms with van der Waals surface area (Å²) in [6.45, 7) is 3.77. The van der Waals surface area contributed by atoms with Crippen molar-refractivity contribution in [1.29, 1.82) is 0 Å². The summed E-state index contributed by atoms with van der Waals surface area (Å²) in [6.07, 6.45) is 21.5. The van der Waals surface area contributed by atoms with Gasteiger partial charge in [-0.05, 0) is 77.6 Å². The van der Waals surface area contributed by atoms with Crippen molar-refractivity contribution >= 4 is 11.8 Å². The first-order valence-corrected chi connectivity index (χ1v) is 18.8. The third-order valence-electron chi connectivity index (χ3n) is 10.4. The topological polar surface area (TPSA) is 123 Å². The second-order valence-electron chi connectivity index (χ2n) is 14.4. The van der Waals surface area contributed by atoms with E-state index in [1.807, 2.05) is 0 Å². The van der Waals surface area contributed by atoms with E-state index in [1.54, 1.807) is 0 Å². The molecule has 3 N–H and O–H groups in total. The SMILES string of the molecule is CCCCCCCCCC[C@H](O)[C@H]1CC[C@H]([C@H](O)CC[C@H](O)[C@@H]2CCC(CCCCCCC[C@H]3C[C@H](CC(C)=O)C(=O)O3)O2)O1. The van der Waals surface area contributed by atoms with Crippen LogP contribution in [-0.2, 0) is 23.8 Å². The van der Waals surface area contributed by atoms with Gasteiger partial charge in [0.05, 0.1) is 48.6 Å². The van der Waals surface area contributed by atoms with Crippen LogP contribution in [0.4, 0.5) is 0 Å². The van der Waals surface area contributed by atoms with Crippen LogP contribution >= 0.6 is 0 Å². The number of ether oxygens (including phenoxy) is 3. The monoisotopic (exact) mass is 638 g/mol. The third-order valence-corrected chi connectivity index (χ3v) is 10.4.